The van der Waals surface area contributed by atoms with Gasteiger partial charge in [0.2, 0.25) is 0 Å². The van der Waals surface area contributed by atoms with Gasteiger partial charge in [-0.05, 0) is 36.4 Å². The molecule has 6 nitrogen and oxygen atoms in total. The third-order valence-corrected chi connectivity index (χ3v) is 5.40. The number of ketones is 1. The normalized spacial score (nSPS) is 10.9. The Hall–Kier alpha value is -3.39. The standard InChI is InChI=1S/C22H19FN4O2S/c1-26-13-7-11-18(26)19(28)15-30-22-25-24-21(27(22)16-8-3-2-4-9-16)14-29-20-12-6-5-10-17(20)23/h2-13H,14-15H2,1H3. The van der Waals surface area contributed by atoms with Crippen LogP contribution in [0.2, 0.25) is 0 Å². The van der Waals surface area contributed by atoms with Crippen molar-refractivity contribution in [1.29, 1.82) is 0 Å². The van der Waals surface area contributed by atoms with E-state index in [1.165, 1.54) is 17.8 Å². The van der Waals surface area contributed by atoms with Crippen molar-refractivity contribution in [2.75, 3.05) is 5.75 Å². The summed E-state index contributed by atoms with van der Waals surface area (Å²) in [4.78, 5) is 12.5. The molecule has 2 aromatic carbocycles. The Morgan fingerprint density at radius 1 is 1.03 bits per heavy atom. The maximum absolute atomic E-state index is 13.9. The molecular formula is C22H19FN4O2S. The van der Waals surface area contributed by atoms with E-state index < -0.39 is 5.82 Å². The maximum Gasteiger partial charge on any atom is 0.196 e. The molecule has 0 amide bonds. The lowest BCUT2D eigenvalue weighted by molar-refractivity contribution is 0.101. The van der Waals surface area contributed by atoms with Crippen LogP contribution in [0.25, 0.3) is 5.69 Å². The van der Waals surface area contributed by atoms with Gasteiger partial charge in [0.05, 0.1) is 11.4 Å². The van der Waals surface area contributed by atoms with Gasteiger partial charge in [0.15, 0.2) is 28.3 Å². The van der Waals surface area contributed by atoms with E-state index in [0.29, 0.717) is 16.7 Å². The number of rotatable bonds is 8. The maximum atomic E-state index is 13.9. The predicted molar refractivity (Wildman–Crippen MR) is 113 cm³/mol. The molecule has 0 aliphatic heterocycles. The number of aryl methyl sites for hydroxylation is 1. The van der Waals surface area contributed by atoms with E-state index in [-0.39, 0.29) is 23.9 Å². The number of halogens is 1. The molecule has 2 heterocycles. The number of thioether (sulfide) groups is 1. The van der Waals surface area contributed by atoms with E-state index in [9.17, 15) is 9.18 Å². The number of nitrogens with zero attached hydrogens (tertiary/aromatic N) is 4. The molecule has 8 heteroatoms. The number of benzene rings is 2. The van der Waals surface area contributed by atoms with E-state index in [1.807, 2.05) is 54.2 Å². The Morgan fingerprint density at radius 2 is 1.80 bits per heavy atom. The summed E-state index contributed by atoms with van der Waals surface area (Å²) < 4.78 is 23.1. The van der Waals surface area contributed by atoms with Gasteiger partial charge >= 0.3 is 0 Å². The van der Waals surface area contributed by atoms with Crippen LogP contribution in [0.5, 0.6) is 5.75 Å². The van der Waals surface area contributed by atoms with Crippen molar-refractivity contribution < 1.29 is 13.9 Å². The molecule has 2 aromatic heterocycles. The van der Waals surface area contributed by atoms with Gasteiger partial charge in [-0.25, -0.2) is 4.39 Å². The van der Waals surface area contributed by atoms with Crippen LogP contribution in [0, 0.1) is 5.82 Å². The lowest BCUT2D eigenvalue weighted by Gasteiger charge is -2.11. The Bertz CT molecular complexity index is 1160. The summed E-state index contributed by atoms with van der Waals surface area (Å²) in [5, 5.41) is 9.04. The zero-order valence-corrected chi connectivity index (χ0v) is 17.1. The number of ether oxygens (including phenoxy) is 1. The number of carbonyl (C=O) groups excluding carboxylic acids is 1. The van der Waals surface area contributed by atoms with Gasteiger partial charge in [-0.2, -0.15) is 0 Å². The molecular weight excluding hydrogens is 403 g/mol. The van der Waals surface area contributed by atoms with E-state index >= 15 is 0 Å². The molecule has 0 unspecified atom stereocenters. The zero-order valence-electron chi connectivity index (χ0n) is 16.2. The van der Waals surface area contributed by atoms with Gasteiger partial charge in [-0.3, -0.25) is 9.36 Å². The van der Waals surface area contributed by atoms with Crippen molar-refractivity contribution in [3.05, 3.63) is 90.3 Å². The topological polar surface area (TPSA) is 61.9 Å². The number of hydrogen-bond donors (Lipinski definition) is 0. The highest BCUT2D eigenvalue weighted by atomic mass is 32.2. The highest BCUT2D eigenvalue weighted by Crippen LogP contribution is 2.24. The van der Waals surface area contributed by atoms with Gasteiger partial charge in [0, 0.05) is 18.9 Å². The fourth-order valence-corrected chi connectivity index (χ4v) is 3.83. The Morgan fingerprint density at radius 3 is 2.53 bits per heavy atom. The molecule has 152 valence electrons. The smallest absolute Gasteiger partial charge is 0.196 e. The molecule has 0 bridgehead atoms. The fraction of sp³-hybridized carbons (Fsp3) is 0.136. The van der Waals surface area contributed by atoms with E-state index in [2.05, 4.69) is 10.2 Å². The first-order valence-corrected chi connectivity index (χ1v) is 10.3. The molecule has 0 fully saturated rings. The summed E-state index contributed by atoms with van der Waals surface area (Å²) in [6, 6.07) is 19.4. The van der Waals surface area contributed by atoms with Crippen LogP contribution in [0.4, 0.5) is 4.39 Å². The summed E-state index contributed by atoms with van der Waals surface area (Å²) in [7, 11) is 1.84. The lowest BCUT2D eigenvalue weighted by Crippen LogP contribution is -2.10. The summed E-state index contributed by atoms with van der Waals surface area (Å²) in [6.07, 6.45) is 1.84. The number of Topliss-reactive ketones (excluding diaryl/α,β-unsaturated/α-hetero) is 1. The minimum Gasteiger partial charge on any atom is -0.483 e. The molecule has 0 radical (unpaired) electrons. The molecule has 0 N–H and O–H groups in total. The summed E-state index contributed by atoms with van der Waals surface area (Å²) in [6.45, 7) is 0.0368. The van der Waals surface area contributed by atoms with Gasteiger partial charge in [0.1, 0.15) is 6.61 Å². The van der Waals surface area contributed by atoms with Crippen molar-refractivity contribution in [1.82, 2.24) is 19.3 Å². The van der Waals surface area contributed by atoms with Gasteiger partial charge in [-0.15, -0.1) is 10.2 Å². The molecule has 4 rings (SSSR count). The Kier molecular flexibility index (Phi) is 5.94. The fourth-order valence-electron chi connectivity index (χ4n) is 2.98. The molecule has 4 aromatic rings. The average Bonchev–Trinajstić information content (AvgIpc) is 3.38. The van der Waals surface area contributed by atoms with Crippen LogP contribution in [0.15, 0.2) is 78.1 Å². The molecule has 0 spiro atoms. The molecule has 0 saturated heterocycles. The Labute approximate surface area is 177 Å². The van der Waals surface area contributed by atoms with E-state index in [4.69, 9.17) is 4.74 Å². The Balaban J connectivity index is 1.57. The molecule has 0 atom stereocenters. The van der Waals surface area contributed by atoms with Crippen LogP contribution in [0.3, 0.4) is 0 Å². The van der Waals surface area contributed by atoms with Gasteiger partial charge < -0.3 is 9.30 Å². The number of aromatic nitrogens is 4. The lowest BCUT2D eigenvalue weighted by atomic mass is 10.3. The first-order chi connectivity index (χ1) is 14.6. The third-order valence-electron chi connectivity index (χ3n) is 4.47. The van der Waals surface area contributed by atoms with Crippen LogP contribution < -0.4 is 4.74 Å². The van der Waals surface area contributed by atoms with Crippen molar-refractivity contribution in [2.24, 2.45) is 7.05 Å². The molecule has 30 heavy (non-hydrogen) atoms. The quantitative estimate of drug-likeness (QED) is 0.313. The minimum absolute atomic E-state index is 0.000677. The van der Waals surface area contributed by atoms with E-state index in [0.717, 1.165) is 5.69 Å². The van der Waals surface area contributed by atoms with Crippen LogP contribution in [0.1, 0.15) is 16.3 Å². The largest absolute Gasteiger partial charge is 0.483 e. The van der Waals surface area contributed by atoms with Crippen molar-refractivity contribution in [3.63, 3.8) is 0 Å². The van der Waals surface area contributed by atoms with Crippen LogP contribution in [-0.2, 0) is 13.7 Å². The second-order valence-corrected chi connectivity index (χ2v) is 7.45. The molecule has 0 aliphatic carbocycles. The second-order valence-electron chi connectivity index (χ2n) is 6.51. The number of para-hydroxylation sites is 2. The van der Waals surface area contributed by atoms with Crippen molar-refractivity contribution >= 4 is 17.5 Å². The number of carbonyl (C=O) groups is 1. The van der Waals surface area contributed by atoms with Gasteiger partial charge in [0.25, 0.3) is 0 Å². The summed E-state index contributed by atoms with van der Waals surface area (Å²) in [5.41, 5.74) is 1.47. The molecule has 0 saturated carbocycles. The second kappa shape index (κ2) is 8.96. The van der Waals surface area contributed by atoms with Crippen molar-refractivity contribution in [3.8, 4) is 11.4 Å². The first kappa shape index (κ1) is 19.9. The minimum atomic E-state index is -0.439. The highest BCUT2D eigenvalue weighted by Gasteiger charge is 2.18. The average molecular weight is 422 g/mol. The first-order valence-electron chi connectivity index (χ1n) is 9.28. The summed E-state index contributed by atoms with van der Waals surface area (Å²) >= 11 is 1.30. The molecule has 0 aliphatic rings. The SMILES string of the molecule is Cn1cccc1C(=O)CSc1nnc(COc2ccccc2F)n1-c1ccccc1. The number of hydrogen-bond acceptors (Lipinski definition) is 5. The zero-order chi connectivity index (χ0) is 20.9. The summed E-state index contributed by atoms with van der Waals surface area (Å²) in [5.74, 6) is 0.438. The van der Waals surface area contributed by atoms with Crippen LogP contribution >= 0.6 is 11.8 Å². The van der Waals surface area contributed by atoms with Crippen molar-refractivity contribution in [2.45, 2.75) is 11.8 Å². The third kappa shape index (κ3) is 4.28. The monoisotopic (exact) mass is 422 g/mol. The van der Waals surface area contributed by atoms with Crippen LogP contribution in [-0.4, -0.2) is 30.9 Å². The van der Waals surface area contributed by atoms with E-state index in [1.54, 1.807) is 28.8 Å². The predicted octanol–water partition coefficient (Wildman–Crippen LogP) is 4.30. The highest BCUT2D eigenvalue weighted by molar-refractivity contribution is 7.99. The van der Waals surface area contributed by atoms with Gasteiger partial charge in [-0.1, -0.05) is 42.1 Å².